The summed E-state index contributed by atoms with van der Waals surface area (Å²) < 4.78 is 40.0. The molecule has 2 aromatic heterocycles. The number of H-pyrrole nitrogens is 1. The number of carbonyl (C=O) groups excluding carboxylic acids is 2. The van der Waals surface area contributed by atoms with Gasteiger partial charge in [-0.2, -0.15) is 0 Å². The van der Waals surface area contributed by atoms with Crippen LogP contribution in [0.25, 0.3) is 11.4 Å². The van der Waals surface area contributed by atoms with Gasteiger partial charge >= 0.3 is 6.03 Å². The Morgan fingerprint density at radius 2 is 1.89 bits per heavy atom. The molecule has 5 N–H and O–H groups in total. The molecule has 45 heavy (non-hydrogen) atoms. The maximum absolute atomic E-state index is 14.8. The van der Waals surface area contributed by atoms with Crippen LogP contribution in [-0.2, 0) is 4.74 Å². The van der Waals surface area contributed by atoms with Crippen LogP contribution in [-0.4, -0.2) is 77.4 Å². The monoisotopic (exact) mass is 620 g/mol. The molecule has 236 valence electrons. The smallest absolute Gasteiger partial charge is 0.323 e. The van der Waals surface area contributed by atoms with Crippen LogP contribution in [0, 0.1) is 18.6 Å². The molecule has 1 atom stereocenters. The summed E-state index contributed by atoms with van der Waals surface area (Å²) in [5.74, 6) is -1.02. The number of morpholine rings is 1. The lowest BCUT2D eigenvalue weighted by molar-refractivity contribution is -0.0527. The molecule has 0 radical (unpaired) electrons. The molecule has 0 saturated carbocycles. The van der Waals surface area contributed by atoms with E-state index < -0.39 is 17.7 Å². The molecular formula is C32H34F2N6O5. The normalized spacial score (nSPS) is 15.0. The maximum Gasteiger partial charge on any atom is 0.323 e. The number of anilines is 2. The van der Waals surface area contributed by atoms with E-state index in [9.17, 15) is 23.5 Å². The lowest BCUT2D eigenvalue weighted by Gasteiger charge is -2.31. The molecule has 0 bridgehead atoms. The lowest BCUT2D eigenvalue weighted by Crippen LogP contribution is -2.44. The number of pyridine rings is 1. The molecule has 1 unspecified atom stereocenters. The fourth-order valence-corrected chi connectivity index (χ4v) is 4.80. The maximum atomic E-state index is 14.8. The van der Waals surface area contributed by atoms with Gasteiger partial charge in [0.25, 0.3) is 5.91 Å². The second-order valence-corrected chi connectivity index (χ2v) is 10.6. The predicted molar refractivity (Wildman–Crippen MR) is 164 cm³/mol. The first-order chi connectivity index (χ1) is 21.8. The first kappa shape index (κ1) is 31.6. The van der Waals surface area contributed by atoms with Crippen molar-refractivity contribution in [3.05, 3.63) is 89.8 Å². The van der Waals surface area contributed by atoms with E-state index in [-0.39, 0.29) is 35.7 Å². The zero-order valence-electron chi connectivity index (χ0n) is 24.6. The minimum Gasteiger partial charge on any atom is -0.457 e. The summed E-state index contributed by atoms with van der Waals surface area (Å²) in [5.41, 5.74) is 2.17. The van der Waals surface area contributed by atoms with E-state index in [4.69, 9.17) is 9.47 Å². The van der Waals surface area contributed by atoms with Crippen LogP contribution in [0.5, 0.6) is 11.5 Å². The summed E-state index contributed by atoms with van der Waals surface area (Å²) in [6.45, 7) is 5.12. The Morgan fingerprint density at radius 3 is 2.71 bits per heavy atom. The highest BCUT2D eigenvalue weighted by atomic mass is 19.1. The van der Waals surface area contributed by atoms with Crippen LogP contribution in [0.2, 0.25) is 0 Å². The molecular weight excluding hydrogens is 586 g/mol. The average Bonchev–Trinajstić information content (AvgIpc) is 3.53. The highest BCUT2D eigenvalue weighted by Crippen LogP contribution is 2.28. The number of benzene rings is 2. The van der Waals surface area contributed by atoms with E-state index in [0.29, 0.717) is 42.4 Å². The number of nitrogens with zero attached hydrogens (tertiary/aromatic N) is 2. The predicted octanol–water partition coefficient (Wildman–Crippen LogP) is 4.91. The molecule has 3 heterocycles. The molecule has 2 aromatic carbocycles. The highest BCUT2D eigenvalue weighted by Gasteiger charge is 2.19. The van der Waals surface area contributed by atoms with E-state index in [1.54, 1.807) is 37.4 Å². The molecule has 1 aliphatic rings. The van der Waals surface area contributed by atoms with Crippen LogP contribution < -0.4 is 20.7 Å². The fourth-order valence-electron chi connectivity index (χ4n) is 4.80. The van der Waals surface area contributed by atoms with Gasteiger partial charge in [0.15, 0.2) is 0 Å². The van der Waals surface area contributed by atoms with Gasteiger partial charge in [-0.1, -0.05) is 6.07 Å². The van der Waals surface area contributed by atoms with E-state index >= 15 is 0 Å². The molecule has 1 saturated heterocycles. The molecule has 13 heteroatoms. The summed E-state index contributed by atoms with van der Waals surface area (Å²) in [5, 5.41) is 16.9. The van der Waals surface area contributed by atoms with Crippen LogP contribution >= 0.6 is 0 Å². The number of hydrogen-bond acceptors (Lipinski definition) is 7. The molecule has 4 aromatic rings. The number of aromatic nitrogens is 2. The number of ether oxygens (including phenoxy) is 2. The minimum atomic E-state index is -0.797. The summed E-state index contributed by atoms with van der Waals surface area (Å²) >= 11 is 0. The van der Waals surface area contributed by atoms with Gasteiger partial charge in [0.05, 0.1) is 47.6 Å². The number of hydrogen-bond donors (Lipinski definition) is 5. The SMILES string of the molecule is Cc1ccc(F)c(NC(=O)Nc2ccc(Oc3ccnc(-c4cc(C(=O)NCCCN5CCOC(CO)C5)c[nH]4)c3)cc2F)c1. The first-order valence-electron chi connectivity index (χ1n) is 14.5. The van der Waals surface area contributed by atoms with E-state index in [1.165, 1.54) is 30.5 Å². The average molecular weight is 621 g/mol. The minimum absolute atomic E-state index is 0.00185. The number of aliphatic hydroxyl groups is 1. The number of aliphatic hydroxyl groups excluding tert-OH is 1. The number of halogens is 2. The van der Waals surface area contributed by atoms with Crippen molar-refractivity contribution in [1.82, 2.24) is 20.2 Å². The second-order valence-electron chi connectivity index (χ2n) is 10.6. The summed E-state index contributed by atoms with van der Waals surface area (Å²) in [6, 6.07) is 12.3. The highest BCUT2D eigenvalue weighted by molar-refractivity contribution is 6.00. The third-order valence-electron chi connectivity index (χ3n) is 7.11. The Morgan fingerprint density at radius 1 is 1.07 bits per heavy atom. The van der Waals surface area contributed by atoms with Crippen molar-refractivity contribution in [2.45, 2.75) is 19.4 Å². The Labute approximate surface area is 258 Å². The van der Waals surface area contributed by atoms with Gasteiger partial charge in [0.1, 0.15) is 23.1 Å². The van der Waals surface area contributed by atoms with Crippen molar-refractivity contribution in [3.63, 3.8) is 0 Å². The largest absolute Gasteiger partial charge is 0.457 e. The molecule has 3 amide bonds. The van der Waals surface area contributed by atoms with Gasteiger partial charge in [-0.3, -0.25) is 14.7 Å². The number of amides is 3. The third-order valence-corrected chi connectivity index (χ3v) is 7.11. The Bertz CT molecular complexity index is 1650. The van der Waals surface area contributed by atoms with Gasteiger partial charge in [0.2, 0.25) is 0 Å². The first-order valence-corrected chi connectivity index (χ1v) is 14.5. The standard InChI is InChI=1S/C32H34F2N6O5/c1-20-3-5-25(33)28(13-20)39-32(43)38-27-6-4-22(15-26(27)34)45-23-7-9-35-30(16-23)29-14-21(17-37-29)31(42)36-8-2-10-40-11-12-44-24(18-40)19-41/h3-7,9,13-17,24,37,41H,2,8,10-12,18-19H2,1H3,(H,36,42)(H2,38,39,43). The zero-order chi connectivity index (χ0) is 31.8. The molecule has 5 rings (SSSR count). The van der Waals surface area contributed by atoms with Gasteiger partial charge in [0, 0.05) is 50.7 Å². The van der Waals surface area contributed by atoms with Gasteiger partial charge < -0.3 is 35.5 Å². The quantitative estimate of drug-likeness (QED) is 0.150. The van der Waals surface area contributed by atoms with Gasteiger partial charge in [-0.05, 0) is 55.3 Å². The van der Waals surface area contributed by atoms with Crippen molar-refractivity contribution in [1.29, 1.82) is 0 Å². The Balaban J connectivity index is 1.13. The summed E-state index contributed by atoms with van der Waals surface area (Å²) in [6.07, 6.45) is 3.73. The Kier molecular flexibility index (Phi) is 10.3. The van der Waals surface area contributed by atoms with Gasteiger partial charge in [-0.15, -0.1) is 0 Å². The summed E-state index contributed by atoms with van der Waals surface area (Å²) in [4.78, 5) is 34.6. The molecule has 1 aliphatic heterocycles. The Hall–Kier alpha value is -4.85. The van der Waals surface area contributed by atoms with E-state index in [0.717, 1.165) is 31.1 Å². The number of carbonyl (C=O) groups is 2. The summed E-state index contributed by atoms with van der Waals surface area (Å²) in [7, 11) is 0. The van der Waals surface area contributed by atoms with Crippen molar-refractivity contribution in [2.75, 3.05) is 50.0 Å². The number of rotatable bonds is 11. The van der Waals surface area contributed by atoms with Gasteiger partial charge in [-0.25, -0.2) is 13.6 Å². The molecule has 11 nitrogen and oxygen atoms in total. The molecule has 0 spiro atoms. The van der Waals surface area contributed by atoms with Crippen LogP contribution in [0.15, 0.2) is 67.0 Å². The number of nitrogens with one attached hydrogen (secondary N) is 4. The zero-order valence-corrected chi connectivity index (χ0v) is 24.6. The lowest BCUT2D eigenvalue weighted by atomic mass is 10.2. The van der Waals surface area contributed by atoms with Crippen molar-refractivity contribution >= 4 is 23.3 Å². The third kappa shape index (κ3) is 8.62. The molecule has 1 fully saturated rings. The van der Waals surface area contributed by atoms with Crippen LogP contribution in [0.1, 0.15) is 22.3 Å². The van der Waals surface area contributed by atoms with Crippen molar-refractivity contribution in [2.24, 2.45) is 0 Å². The number of aryl methyl sites for hydroxylation is 1. The van der Waals surface area contributed by atoms with Crippen molar-refractivity contribution < 1.29 is 33.0 Å². The van der Waals surface area contributed by atoms with Crippen LogP contribution in [0.4, 0.5) is 25.0 Å². The van der Waals surface area contributed by atoms with E-state index in [2.05, 4.69) is 30.8 Å². The van der Waals surface area contributed by atoms with Crippen molar-refractivity contribution in [3.8, 4) is 22.9 Å². The molecule has 0 aliphatic carbocycles. The number of aromatic amines is 1. The fraction of sp³-hybridized carbons (Fsp3) is 0.281. The van der Waals surface area contributed by atoms with Crippen LogP contribution in [0.3, 0.4) is 0 Å². The second kappa shape index (κ2) is 14.8. The topological polar surface area (TPSA) is 141 Å². The number of urea groups is 1. The van der Waals surface area contributed by atoms with E-state index in [1.807, 2.05) is 0 Å².